The number of ether oxygens (including phenoxy) is 1. The molecule has 0 saturated heterocycles. The summed E-state index contributed by atoms with van der Waals surface area (Å²) >= 11 is 0. The minimum absolute atomic E-state index is 0.0447. The summed E-state index contributed by atoms with van der Waals surface area (Å²) in [5, 5.41) is 11.6. The third kappa shape index (κ3) is 3.97. The van der Waals surface area contributed by atoms with Crippen LogP contribution in [0, 0.1) is 6.92 Å². The molecule has 1 rings (SSSR count). The van der Waals surface area contributed by atoms with Crippen LogP contribution in [0.2, 0.25) is 0 Å². The van der Waals surface area contributed by atoms with Gasteiger partial charge in [-0.25, -0.2) is 0 Å². The van der Waals surface area contributed by atoms with Crippen LogP contribution in [0.4, 0.5) is 13.2 Å². The first-order valence-electron chi connectivity index (χ1n) is 4.82. The van der Waals surface area contributed by atoms with Crippen LogP contribution in [0.1, 0.15) is 18.1 Å². The Bertz CT molecular complexity index is 427. The summed E-state index contributed by atoms with van der Waals surface area (Å²) in [4.78, 5) is 0. The second-order valence-corrected chi connectivity index (χ2v) is 3.59. The van der Waals surface area contributed by atoms with Gasteiger partial charge in [0.15, 0.2) is 6.61 Å². The summed E-state index contributed by atoms with van der Waals surface area (Å²) in [5.74, 6) is 0.0447. The minimum atomic E-state index is -4.40. The fourth-order valence-corrected chi connectivity index (χ4v) is 1.27. The molecular weight excluding hydrogens is 235 g/mol. The van der Waals surface area contributed by atoms with Crippen molar-refractivity contribution in [1.29, 1.82) is 0 Å². The lowest BCUT2D eigenvalue weighted by Gasteiger charge is -2.13. The van der Waals surface area contributed by atoms with Crippen LogP contribution in [-0.4, -0.2) is 23.7 Å². The summed E-state index contributed by atoms with van der Waals surface area (Å²) in [6.45, 7) is 1.89. The van der Waals surface area contributed by atoms with Gasteiger partial charge in [-0.1, -0.05) is 16.8 Å². The fourth-order valence-electron chi connectivity index (χ4n) is 1.27. The maximum absolute atomic E-state index is 12.0. The molecule has 0 aliphatic rings. The van der Waals surface area contributed by atoms with Crippen molar-refractivity contribution in [3.05, 3.63) is 29.3 Å². The molecule has 1 aromatic rings. The van der Waals surface area contributed by atoms with E-state index in [9.17, 15) is 13.2 Å². The van der Waals surface area contributed by atoms with Crippen LogP contribution >= 0.6 is 0 Å². The number of oxime groups is 1. The van der Waals surface area contributed by atoms with Gasteiger partial charge in [-0.05, 0) is 26.0 Å². The van der Waals surface area contributed by atoms with E-state index in [1.807, 2.05) is 0 Å². The van der Waals surface area contributed by atoms with E-state index in [1.165, 1.54) is 13.0 Å². The zero-order valence-corrected chi connectivity index (χ0v) is 9.38. The molecule has 0 atom stereocenters. The van der Waals surface area contributed by atoms with Gasteiger partial charge in [0.1, 0.15) is 5.75 Å². The van der Waals surface area contributed by atoms with Gasteiger partial charge in [0.2, 0.25) is 0 Å². The number of hydrogen-bond acceptors (Lipinski definition) is 3. The summed E-state index contributed by atoms with van der Waals surface area (Å²) < 4.78 is 40.8. The van der Waals surface area contributed by atoms with E-state index in [-0.39, 0.29) is 11.5 Å². The van der Waals surface area contributed by atoms with Crippen LogP contribution in [-0.2, 0) is 0 Å². The number of halogens is 3. The molecule has 0 aliphatic carbocycles. The van der Waals surface area contributed by atoms with Crippen LogP contribution in [0.15, 0.2) is 23.4 Å². The van der Waals surface area contributed by atoms with Gasteiger partial charge in [-0.2, -0.15) is 13.2 Å². The Labute approximate surface area is 96.5 Å². The molecule has 0 bridgehead atoms. The highest BCUT2D eigenvalue weighted by atomic mass is 19.4. The molecule has 3 nitrogen and oxygen atoms in total. The molecule has 0 amide bonds. The first-order chi connectivity index (χ1) is 7.83. The molecular formula is C11H12F3NO2. The Morgan fingerprint density at radius 3 is 2.59 bits per heavy atom. The van der Waals surface area contributed by atoms with Crippen molar-refractivity contribution in [1.82, 2.24) is 0 Å². The van der Waals surface area contributed by atoms with Gasteiger partial charge in [-0.3, -0.25) is 0 Å². The van der Waals surface area contributed by atoms with Crippen molar-refractivity contribution in [2.45, 2.75) is 20.0 Å². The highest BCUT2D eigenvalue weighted by molar-refractivity contribution is 6.00. The minimum Gasteiger partial charge on any atom is -0.483 e. The van der Waals surface area contributed by atoms with E-state index in [0.717, 1.165) is 5.56 Å². The lowest BCUT2D eigenvalue weighted by molar-refractivity contribution is -0.153. The number of hydrogen-bond donors (Lipinski definition) is 1. The standard InChI is InChI=1S/C11H12F3NO2/c1-7-3-4-10(17-6-11(12,13)14)9(5-7)8(2)15-16/h3-5,16H,6H2,1-2H3/b15-8-. The number of alkyl halides is 3. The second-order valence-electron chi connectivity index (χ2n) is 3.59. The normalized spacial score (nSPS) is 12.6. The van der Waals surface area contributed by atoms with E-state index in [4.69, 9.17) is 5.21 Å². The zero-order valence-electron chi connectivity index (χ0n) is 9.38. The first kappa shape index (κ1) is 13.3. The van der Waals surface area contributed by atoms with Gasteiger partial charge in [0, 0.05) is 5.56 Å². The van der Waals surface area contributed by atoms with E-state index < -0.39 is 12.8 Å². The Morgan fingerprint density at radius 1 is 1.41 bits per heavy atom. The predicted molar refractivity (Wildman–Crippen MR) is 56.7 cm³/mol. The van der Waals surface area contributed by atoms with Crippen molar-refractivity contribution in [3.8, 4) is 5.75 Å². The molecule has 0 aromatic heterocycles. The summed E-state index contributed by atoms with van der Waals surface area (Å²) in [6.07, 6.45) is -4.40. The van der Waals surface area contributed by atoms with Gasteiger partial charge >= 0.3 is 6.18 Å². The lowest BCUT2D eigenvalue weighted by atomic mass is 10.1. The third-order valence-electron chi connectivity index (χ3n) is 2.07. The molecule has 0 unspecified atom stereocenters. The molecule has 94 valence electrons. The Balaban J connectivity index is 2.99. The largest absolute Gasteiger partial charge is 0.483 e. The zero-order chi connectivity index (χ0) is 13.1. The highest BCUT2D eigenvalue weighted by Crippen LogP contribution is 2.24. The molecule has 1 aromatic carbocycles. The van der Waals surface area contributed by atoms with E-state index >= 15 is 0 Å². The summed E-state index contributed by atoms with van der Waals surface area (Å²) in [6, 6.07) is 4.64. The SMILES string of the molecule is C/C(=N/O)c1cc(C)ccc1OCC(F)(F)F. The van der Waals surface area contributed by atoms with E-state index in [0.29, 0.717) is 5.56 Å². The monoisotopic (exact) mass is 247 g/mol. The van der Waals surface area contributed by atoms with Gasteiger partial charge in [0.05, 0.1) is 5.71 Å². The van der Waals surface area contributed by atoms with Gasteiger partial charge in [-0.15, -0.1) is 0 Å². The van der Waals surface area contributed by atoms with Crippen LogP contribution < -0.4 is 4.74 Å². The molecule has 1 N–H and O–H groups in total. The third-order valence-corrected chi connectivity index (χ3v) is 2.07. The highest BCUT2D eigenvalue weighted by Gasteiger charge is 2.28. The second kappa shape index (κ2) is 5.07. The molecule has 0 heterocycles. The van der Waals surface area contributed by atoms with Gasteiger partial charge < -0.3 is 9.94 Å². The molecule has 0 saturated carbocycles. The topological polar surface area (TPSA) is 41.8 Å². The van der Waals surface area contributed by atoms with Crippen molar-refractivity contribution >= 4 is 5.71 Å². The number of aryl methyl sites for hydroxylation is 1. The summed E-state index contributed by atoms with van der Waals surface area (Å²) in [7, 11) is 0. The van der Waals surface area contributed by atoms with E-state index in [2.05, 4.69) is 9.89 Å². The van der Waals surface area contributed by atoms with Crippen molar-refractivity contribution in [3.63, 3.8) is 0 Å². The fraction of sp³-hybridized carbons (Fsp3) is 0.364. The smallest absolute Gasteiger partial charge is 0.422 e. The molecule has 0 radical (unpaired) electrons. The summed E-state index contributed by atoms with van der Waals surface area (Å²) in [5.41, 5.74) is 1.38. The van der Waals surface area contributed by atoms with Crippen LogP contribution in [0.25, 0.3) is 0 Å². The van der Waals surface area contributed by atoms with Gasteiger partial charge in [0.25, 0.3) is 0 Å². The average molecular weight is 247 g/mol. The molecule has 0 fully saturated rings. The number of rotatable bonds is 3. The molecule has 0 spiro atoms. The maximum Gasteiger partial charge on any atom is 0.422 e. The Kier molecular flexibility index (Phi) is 3.98. The van der Waals surface area contributed by atoms with E-state index in [1.54, 1.807) is 19.1 Å². The number of nitrogens with zero attached hydrogens (tertiary/aromatic N) is 1. The van der Waals surface area contributed by atoms with Crippen molar-refractivity contribution in [2.75, 3.05) is 6.61 Å². The quantitative estimate of drug-likeness (QED) is 0.506. The van der Waals surface area contributed by atoms with Crippen LogP contribution in [0.5, 0.6) is 5.75 Å². The molecule has 6 heteroatoms. The predicted octanol–water partition coefficient (Wildman–Crippen LogP) is 3.13. The van der Waals surface area contributed by atoms with Crippen LogP contribution in [0.3, 0.4) is 0 Å². The number of benzene rings is 1. The van der Waals surface area contributed by atoms with Crippen molar-refractivity contribution < 1.29 is 23.1 Å². The lowest BCUT2D eigenvalue weighted by Crippen LogP contribution is -2.20. The molecule has 17 heavy (non-hydrogen) atoms. The average Bonchev–Trinajstić information content (AvgIpc) is 2.25. The van der Waals surface area contributed by atoms with Crippen molar-refractivity contribution in [2.24, 2.45) is 5.16 Å². The Morgan fingerprint density at radius 2 is 2.06 bits per heavy atom. The first-order valence-corrected chi connectivity index (χ1v) is 4.82. The molecule has 0 aliphatic heterocycles. The Hall–Kier alpha value is -1.72. The maximum atomic E-state index is 12.0.